The number of ether oxygens (including phenoxy) is 2. The van der Waals surface area contributed by atoms with Crippen molar-refractivity contribution in [3.8, 4) is 11.5 Å². The average molecular weight is 273 g/mol. The SMILES string of the molecule is CCOc1ccc(C(N)c2ccnnc2)cc1OCC. The van der Waals surface area contributed by atoms with Crippen molar-refractivity contribution < 1.29 is 9.47 Å². The van der Waals surface area contributed by atoms with E-state index < -0.39 is 0 Å². The molecule has 0 spiro atoms. The summed E-state index contributed by atoms with van der Waals surface area (Å²) >= 11 is 0. The quantitative estimate of drug-likeness (QED) is 0.874. The number of hydrogen-bond donors (Lipinski definition) is 1. The fourth-order valence-electron chi connectivity index (χ4n) is 1.94. The highest BCUT2D eigenvalue weighted by Gasteiger charge is 2.13. The van der Waals surface area contributed by atoms with Crippen molar-refractivity contribution >= 4 is 0 Å². The van der Waals surface area contributed by atoms with Gasteiger partial charge >= 0.3 is 0 Å². The normalized spacial score (nSPS) is 11.9. The monoisotopic (exact) mass is 273 g/mol. The van der Waals surface area contributed by atoms with E-state index in [4.69, 9.17) is 15.2 Å². The van der Waals surface area contributed by atoms with Gasteiger partial charge in [-0.3, -0.25) is 0 Å². The minimum absolute atomic E-state index is 0.264. The zero-order chi connectivity index (χ0) is 14.4. The molecule has 0 radical (unpaired) electrons. The van der Waals surface area contributed by atoms with Crippen LogP contribution in [0.3, 0.4) is 0 Å². The summed E-state index contributed by atoms with van der Waals surface area (Å²) in [5, 5.41) is 7.61. The number of rotatable bonds is 6. The third-order valence-corrected chi connectivity index (χ3v) is 2.89. The molecule has 2 rings (SSSR count). The van der Waals surface area contributed by atoms with Crippen molar-refractivity contribution in [2.75, 3.05) is 13.2 Å². The number of aromatic nitrogens is 2. The Balaban J connectivity index is 2.30. The highest BCUT2D eigenvalue weighted by Crippen LogP contribution is 2.31. The molecule has 1 aromatic carbocycles. The summed E-state index contributed by atoms with van der Waals surface area (Å²) in [7, 11) is 0. The molecular formula is C15H19N3O2. The lowest BCUT2D eigenvalue weighted by atomic mass is 10.0. The van der Waals surface area contributed by atoms with Crippen molar-refractivity contribution in [1.82, 2.24) is 10.2 Å². The Labute approximate surface area is 118 Å². The fourth-order valence-corrected chi connectivity index (χ4v) is 1.94. The number of nitrogens with zero attached hydrogens (tertiary/aromatic N) is 2. The van der Waals surface area contributed by atoms with E-state index in [1.54, 1.807) is 12.4 Å². The van der Waals surface area contributed by atoms with Crippen LogP contribution in [0.1, 0.15) is 31.0 Å². The number of nitrogens with two attached hydrogens (primary N) is 1. The van der Waals surface area contributed by atoms with Gasteiger partial charge in [0.2, 0.25) is 0 Å². The molecular weight excluding hydrogens is 254 g/mol. The second-order valence-corrected chi connectivity index (χ2v) is 4.23. The highest BCUT2D eigenvalue weighted by atomic mass is 16.5. The van der Waals surface area contributed by atoms with Gasteiger partial charge in [0.1, 0.15) is 0 Å². The van der Waals surface area contributed by atoms with Gasteiger partial charge in [0.05, 0.1) is 25.5 Å². The summed E-state index contributed by atoms with van der Waals surface area (Å²) in [6, 6.07) is 7.34. The molecule has 0 amide bonds. The van der Waals surface area contributed by atoms with Crippen molar-refractivity contribution in [1.29, 1.82) is 0 Å². The van der Waals surface area contributed by atoms with Crippen LogP contribution < -0.4 is 15.2 Å². The van der Waals surface area contributed by atoms with Crippen LogP contribution in [0.4, 0.5) is 0 Å². The Morgan fingerprint density at radius 2 is 1.75 bits per heavy atom. The van der Waals surface area contributed by atoms with E-state index in [2.05, 4.69) is 10.2 Å². The predicted molar refractivity (Wildman–Crippen MR) is 76.8 cm³/mol. The third kappa shape index (κ3) is 3.24. The van der Waals surface area contributed by atoms with E-state index in [0.29, 0.717) is 19.0 Å². The van der Waals surface area contributed by atoms with Crippen molar-refractivity contribution in [2.24, 2.45) is 5.73 Å². The molecule has 0 bridgehead atoms. The van der Waals surface area contributed by atoms with E-state index in [9.17, 15) is 0 Å². The molecule has 2 N–H and O–H groups in total. The first-order valence-electron chi connectivity index (χ1n) is 6.68. The van der Waals surface area contributed by atoms with Crippen LogP contribution in [-0.4, -0.2) is 23.4 Å². The molecule has 0 saturated heterocycles. The molecule has 106 valence electrons. The molecule has 0 saturated carbocycles. The first-order chi connectivity index (χ1) is 9.76. The molecule has 1 heterocycles. The van der Waals surface area contributed by atoms with Gasteiger partial charge in [0.25, 0.3) is 0 Å². The van der Waals surface area contributed by atoms with E-state index in [1.807, 2.05) is 38.1 Å². The van der Waals surface area contributed by atoms with Crippen LogP contribution in [0.2, 0.25) is 0 Å². The topological polar surface area (TPSA) is 70.3 Å². The molecule has 0 aliphatic rings. The summed E-state index contributed by atoms with van der Waals surface area (Å²) in [6.07, 6.45) is 3.30. The molecule has 0 aliphatic carbocycles. The summed E-state index contributed by atoms with van der Waals surface area (Å²) in [4.78, 5) is 0. The largest absolute Gasteiger partial charge is 0.490 e. The fraction of sp³-hybridized carbons (Fsp3) is 0.333. The van der Waals surface area contributed by atoms with Crippen molar-refractivity contribution in [2.45, 2.75) is 19.9 Å². The van der Waals surface area contributed by atoms with Gasteiger partial charge in [-0.05, 0) is 43.2 Å². The van der Waals surface area contributed by atoms with E-state index in [1.165, 1.54) is 0 Å². The molecule has 5 nitrogen and oxygen atoms in total. The lowest BCUT2D eigenvalue weighted by Crippen LogP contribution is -2.12. The zero-order valence-corrected chi connectivity index (χ0v) is 11.7. The molecule has 1 atom stereocenters. The Morgan fingerprint density at radius 1 is 1.00 bits per heavy atom. The van der Waals surface area contributed by atoms with Crippen LogP contribution in [0.15, 0.2) is 36.7 Å². The van der Waals surface area contributed by atoms with Gasteiger partial charge in [-0.15, -0.1) is 0 Å². The van der Waals surface area contributed by atoms with Crippen LogP contribution in [0.25, 0.3) is 0 Å². The van der Waals surface area contributed by atoms with E-state index in [-0.39, 0.29) is 6.04 Å². The van der Waals surface area contributed by atoms with E-state index in [0.717, 1.165) is 16.9 Å². The second-order valence-electron chi connectivity index (χ2n) is 4.23. The van der Waals surface area contributed by atoms with Crippen LogP contribution in [-0.2, 0) is 0 Å². The molecule has 0 fully saturated rings. The first kappa shape index (κ1) is 14.3. The van der Waals surface area contributed by atoms with Crippen LogP contribution >= 0.6 is 0 Å². The standard InChI is InChI=1S/C15H19N3O2/c1-3-19-13-6-5-11(9-14(13)20-4-2)15(16)12-7-8-17-18-10-12/h5-10,15H,3-4,16H2,1-2H3. The maximum absolute atomic E-state index is 6.24. The smallest absolute Gasteiger partial charge is 0.161 e. The maximum atomic E-state index is 6.24. The maximum Gasteiger partial charge on any atom is 0.161 e. The molecule has 1 unspecified atom stereocenters. The zero-order valence-electron chi connectivity index (χ0n) is 11.7. The van der Waals surface area contributed by atoms with Crippen LogP contribution in [0, 0.1) is 0 Å². The number of hydrogen-bond acceptors (Lipinski definition) is 5. The summed E-state index contributed by atoms with van der Waals surface area (Å²) in [5.74, 6) is 1.45. The summed E-state index contributed by atoms with van der Waals surface area (Å²) in [6.45, 7) is 5.06. The van der Waals surface area contributed by atoms with Crippen LogP contribution in [0.5, 0.6) is 11.5 Å². The van der Waals surface area contributed by atoms with Gasteiger partial charge in [0.15, 0.2) is 11.5 Å². The van der Waals surface area contributed by atoms with Gasteiger partial charge in [-0.1, -0.05) is 6.07 Å². The molecule has 5 heteroatoms. The average Bonchev–Trinajstić information content (AvgIpc) is 2.50. The highest BCUT2D eigenvalue weighted by molar-refractivity contribution is 5.45. The van der Waals surface area contributed by atoms with Gasteiger partial charge in [-0.25, -0.2) is 0 Å². The Bertz CT molecular complexity index is 546. The van der Waals surface area contributed by atoms with E-state index >= 15 is 0 Å². The lowest BCUT2D eigenvalue weighted by Gasteiger charge is -2.16. The Kier molecular flexibility index (Phi) is 4.90. The lowest BCUT2D eigenvalue weighted by molar-refractivity contribution is 0.287. The molecule has 1 aromatic heterocycles. The minimum Gasteiger partial charge on any atom is -0.490 e. The number of benzene rings is 1. The van der Waals surface area contributed by atoms with Gasteiger partial charge in [0, 0.05) is 6.20 Å². The minimum atomic E-state index is -0.264. The van der Waals surface area contributed by atoms with Gasteiger partial charge < -0.3 is 15.2 Å². The molecule has 0 aliphatic heterocycles. The third-order valence-electron chi connectivity index (χ3n) is 2.89. The van der Waals surface area contributed by atoms with Crippen molar-refractivity contribution in [3.63, 3.8) is 0 Å². The van der Waals surface area contributed by atoms with Gasteiger partial charge in [-0.2, -0.15) is 10.2 Å². The molecule has 2 aromatic rings. The summed E-state index contributed by atoms with van der Waals surface area (Å²) in [5.41, 5.74) is 8.10. The molecule has 20 heavy (non-hydrogen) atoms. The summed E-state index contributed by atoms with van der Waals surface area (Å²) < 4.78 is 11.1. The predicted octanol–water partition coefficient (Wildman–Crippen LogP) is 2.32. The second kappa shape index (κ2) is 6.86. The first-order valence-corrected chi connectivity index (χ1v) is 6.68. The Morgan fingerprint density at radius 3 is 2.40 bits per heavy atom. The Hall–Kier alpha value is -2.14. The van der Waals surface area contributed by atoms with Crippen molar-refractivity contribution in [3.05, 3.63) is 47.8 Å².